The van der Waals surface area contributed by atoms with Crippen molar-refractivity contribution in [3.8, 4) is 5.75 Å². The maximum absolute atomic E-state index is 9.99. The van der Waals surface area contributed by atoms with Crippen LogP contribution < -0.4 is 0 Å². The average molecular weight is 281 g/mol. The second-order valence-electron chi connectivity index (χ2n) is 4.65. The smallest absolute Gasteiger partial charge is 0.173 e. The van der Waals surface area contributed by atoms with Crippen molar-refractivity contribution in [3.63, 3.8) is 0 Å². The number of benzene rings is 1. The van der Waals surface area contributed by atoms with Gasteiger partial charge in [-0.3, -0.25) is 9.98 Å². The van der Waals surface area contributed by atoms with E-state index in [-0.39, 0.29) is 5.75 Å². The van der Waals surface area contributed by atoms with Crippen molar-refractivity contribution >= 4 is 11.5 Å². The van der Waals surface area contributed by atoms with E-state index in [9.17, 15) is 5.11 Å². The third kappa shape index (κ3) is 3.34. The van der Waals surface area contributed by atoms with Crippen LogP contribution in [0.2, 0.25) is 0 Å². The summed E-state index contributed by atoms with van der Waals surface area (Å²) in [6, 6.07) is 11.1. The molecular weight excluding hydrogens is 262 g/mol. The van der Waals surface area contributed by atoms with E-state index in [1.807, 2.05) is 38.1 Å². The molecular formula is C17H19N3O. The first kappa shape index (κ1) is 14.9. The standard InChI is InChI=1S/C17H19N3O/c1-4-14(13-9-5-6-10-15(13)21)20-17(18-3)16-12(2)8-7-11-19-16/h5-11,21H,4H2,1-3H3. The van der Waals surface area contributed by atoms with Crippen molar-refractivity contribution < 1.29 is 5.11 Å². The zero-order valence-corrected chi connectivity index (χ0v) is 12.5. The molecule has 0 atom stereocenters. The molecule has 108 valence electrons. The fourth-order valence-corrected chi connectivity index (χ4v) is 2.10. The Morgan fingerprint density at radius 1 is 1.19 bits per heavy atom. The molecule has 0 saturated heterocycles. The summed E-state index contributed by atoms with van der Waals surface area (Å²) in [6.45, 7) is 3.98. The minimum absolute atomic E-state index is 0.228. The summed E-state index contributed by atoms with van der Waals surface area (Å²) in [4.78, 5) is 13.2. The van der Waals surface area contributed by atoms with Crippen molar-refractivity contribution in [1.82, 2.24) is 4.98 Å². The molecule has 0 spiro atoms. The highest BCUT2D eigenvalue weighted by Crippen LogP contribution is 2.19. The maximum Gasteiger partial charge on any atom is 0.173 e. The highest BCUT2D eigenvalue weighted by molar-refractivity contribution is 6.13. The van der Waals surface area contributed by atoms with Gasteiger partial charge in [0.15, 0.2) is 5.84 Å². The minimum Gasteiger partial charge on any atom is -0.507 e. The van der Waals surface area contributed by atoms with Gasteiger partial charge in [-0.2, -0.15) is 0 Å². The van der Waals surface area contributed by atoms with E-state index in [2.05, 4.69) is 15.0 Å². The number of nitrogens with zero attached hydrogens (tertiary/aromatic N) is 3. The molecule has 0 radical (unpaired) electrons. The molecule has 0 unspecified atom stereocenters. The second kappa shape index (κ2) is 6.79. The first-order valence-electron chi connectivity index (χ1n) is 6.92. The third-order valence-corrected chi connectivity index (χ3v) is 3.22. The first-order valence-corrected chi connectivity index (χ1v) is 6.92. The fraction of sp³-hybridized carbons (Fsp3) is 0.235. The van der Waals surface area contributed by atoms with Crippen molar-refractivity contribution in [2.45, 2.75) is 20.3 Å². The van der Waals surface area contributed by atoms with E-state index in [1.165, 1.54) is 0 Å². The molecule has 0 aliphatic heterocycles. The number of rotatable bonds is 3. The lowest BCUT2D eigenvalue weighted by Crippen LogP contribution is -2.09. The van der Waals surface area contributed by atoms with Gasteiger partial charge in [0.2, 0.25) is 0 Å². The average Bonchev–Trinajstić information content (AvgIpc) is 2.51. The number of phenols is 1. The lowest BCUT2D eigenvalue weighted by molar-refractivity contribution is 0.474. The monoisotopic (exact) mass is 281 g/mol. The van der Waals surface area contributed by atoms with E-state index in [4.69, 9.17) is 0 Å². The molecule has 1 aromatic carbocycles. The van der Waals surface area contributed by atoms with Crippen LogP contribution >= 0.6 is 0 Å². The van der Waals surface area contributed by atoms with Gasteiger partial charge in [0.05, 0.1) is 5.71 Å². The normalized spacial score (nSPS) is 12.5. The molecule has 0 fully saturated rings. The number of para-hydroxylation sites is 1. The molecule has 0 bridgehead atoms. The van der Waals surface area contributed by atoms with Crippen LogP contribution in [-0.4, -0.2) is 28.7 Å². The molecule has 0 amide bonds. The van der Waals surface area contributed by atoms with E-state index in [0.29, 0.717) is 12.3 Å². The van der Waals surface area contributed by atoms with Crippen LogP contribution in [-0.2, 0) is 0 Å². The number of hydrogen-bond acceptors (Lipinski definition) is 3. The molecule has 1 aromatic heterocycles. The van der Waals surface area contributed by atoms with Crippen LogP contribution in [0, 0.1) is 6.92 Å². The predicted octanol–water partition coefficient (Wildman–Crippen LogP) is 3.37. The molecule has 1 heterocycles. The topological polar surface area (TPSA) is 57.8 Å². The lowest BCUT2D eigenvalue weighted by atomic mass is 10.1. The molecule has 4 nitrogen and oxygen atoms in total. The zero-order valence-electron chi connectivity index (χ0n) is 12.5. The van der Waals surface area contributed by atoms with Crippen molar-refractivity contribution in [1.29, 1.82) is 0 Å². The van der Waals surface area contributed by atoms with Gasteiger partial charge in [-0.05, 0) is 37.1 Å². The zero-order chi connectivity index (χ0) is 15.2. The third-order valence-electron chi connectivity index (χ3n) is 3.22. The van der Waals surface area contributed by atoms with Crippen LogP contribution in [0.1, 0.15) is 30.2 Å². The summed E-state index contributed by atoms with van der Waals surface area (Å²) >= 11 is 0. The summed E-state index contributed by atoms with van der Waals surface area (Å²) in [5.74, 6) is 0.805. The Hall–Kier alpha value is -2.49. The first-order chi connectivity index (χ1) is 10.2. The summed E-state index contributed by atoms with van der Waals surface area (Å²) in [6.07, 6.45) is 2.43. The largest absolute Gasteiger partial charge is 0.507 e. The number of amidine groups is 1. The van der Waals surface area contributed by atoms with Gasteiger partial charge < -0.3 is 5.11 Å². The van der Waals surface area contributed by atoms with Gasteiger partial charge >= 0.3 is 0 Å². The Balaban J connectivity index is 2.48. The SMILES string of the molecule is CCC(=NC(=NC)c1ncccc1C)c1ccccc1O. The van der Waals surface area contributed by atoms with Gasteiger partial charge in [0.25, 0.3) is 0 Å². The maximum atomic E-state index is 9.99. The molecule has 4 heteroatoms. The van der Waals surface area contributed by atoms with E-state index in [1.54, 1.807) is 25.4 Å². The Labute approximate surface area is 124 Å². The van der Waals surface area contributed by atoms with Crippen LogP contribution in [0.25, 0.3) is 0 Å². The molecule has 2 rings (SSSR count). The number of aromatic nitrogens is 1. The number of phenolic OH excluding ortho intramolecular Hbond substituents is 1. The Kier molecular flexibility index (Phi) is 4.82. The highest BCUT2D eigenvalue weighted by Gasteiger charge is 2.11. The molecule has 21 heavy (non-hydrogen) atoms. The van der Waals surface area contributed by atoms with Gasteiger partial charge in [-0.15, -0.1) is 0 Å². The number of pyridine rings is 1. The predicted molar refractivity (Wildman–Crippen MR) is 86.4 cm³/mol. The summed E-state index contributed by atoms with van der Waals surface area (Å²) < 4.78 is 0. The molecule has 0 aliphatic rings. The molecule has 2 aromatic rings. The number of aliphatic imine (C=N–C) groups is 2. The highest BCUT2D eigenvalue weighted by atomic mass is 16.3. The van der Waals surface area contributed by atoms with E-state index in [0.717, 1.165) is 22.5 Å². The Morgan fingerprint density at radius 2 is 1.95 bits per heavy atom. The van der Waals surface area contributed by atoms with Crippen LogP contribution in [0.15, 0.2) is 52.6 Å². The van der Waals surface area contributed by atoms with Gasteiger partial charge in [-0.25, -0.2) is 4.99 Å². The lowest BCUT2D eigenvalue weighted by Gasteiger charge is -2.09. The molecule has 0 aliphatic carbocycles. The van der Waals surface area contributed by atoms with Crippen LogP contribution in [0.4, 0.5) is 0 Å². The van der Waals surface area contributed by atoms with Crippen LogP contribution in [0.3, 0.4) is 0 Å². The van der Waals surface area contributed by atoms with Gasteiger partial charge in [-0.1, -0.05) is 25.1 Å². The quantitative estimate of drug-likeness (QED) is 0.692. The van der Waals surface area contributed by atoms with Gasteiger partial charge in [0.1, 0.15) is 11.4 Å². The van der Waals surface area contributed by atoms with Crippen molar-refractivity contribution in [2.24, 2.45) is 9.98 Å². The summed E-state index contributed by atoms with van der Waals surface area (Å²) in [7, 11) is 1.70. The van der Waals surface area contributed by atoms with Crippen LogP contribution in [0.5, 0.6) is 5.75 Å². The van der Waals surface area contributed by atoms with Crippen molar-refractivity contribution in [3.05, 3.63) is 59.4 Å². The number of hydrogen-bond donors (Lipinski definition) is 1. The Bertz CT molecular complexity index is 690. The summed E-state index contributed by atoms with van der Waals surface area (Å²) in [5, 5.41) is 9.99. The second-order valence-corrected chi connectivity index (χ2v) is 4.65. The summed E-state index contributed by atoms with van der Waals surface area (Å²) in [5.41, 5.74) is 3.31. The van der Waals surface area contributed by atoms with E-state index < -0.39 is 0 Å². The Morgan fingerprint density at radius 3 is 2.57 bits per heavy atom. The fourth-order valence-electron chi connectivity index (χ4n) is 2.10. The molecule has 1 N–H and O–H groups in total. The molecule has 0 saturated carbocycles. The van der Waals surface area contributed by atoms with Crippen molar-refractivity contribution in [2.75, 3.05) is 7.05 Å². The number of aryl methyl sites for hydroxylation is 1. The van der Waals surface area contributed by atoms with E-state index >= 15 is 0 Å². The number of aromatic hydroxyl groups is 1. The van der Waals surface area contributed by atoms with Gasteiger partial charge in [0, 0.05) is 18.8 Å². The minimum atomic E-state index is 0.228.